The van der Waals surface area contributed by atoms with Gasteiger partial charge in [0.15, 0.2) is 0 Å². The standard InChI is InChI=1S/C16H22N2O/c1-4-7-12(2)19-11-14-10-13-8-5-6-9-15(13)18-16(14)17-3/h5-6,8-10,12H,4,7,11H2,1-3H3,(H,17,18). The molecule has 0 saturated carbocycles. The summed E-state index contributed by atoms with van der Waals surface area (Å²) in [5.41, 5.74) is 2.13. The van der Waals surface area contributed by atoms with E-state index in [2.05, 4.69) is 36.3 Å². The van der Waals surface area contributed by atoms with Crippen LogP contribution in [0.1, 0.15) is 32.3 Å². The molecule has 0 amide bonds. The van der Waals surface area contributed by atoms with Crippen molar-refractivity contribution in [2.24, 2.45) is 0 Å². The van der Waals surface area contributed by atoms with Crippen molar-refractivity contribution in [3.8, 4) is 0 Å². The highest BCUT2D eigenvalue weighted by Gasteiger charge is 2.08. The van der Waals surface area contributed by atoms with Crippen molar-refractivity contribution in [1.82, 2.24) is 4.98 Å². The summed E-state index contributed by atoms with van der Waals surface area (Å²) in [6.45, 7) is 4.91. The zero-order valence-electron chi connectivity index (χ0n) is 11.9. The summed E-state index contributed by atoms with van der Waals surface area (Å²) in [6, 6.07) is 10.3. The number of nitrogens with zero attached hydrogens (tertiary/aromatic N) is 1. The predicted molar refractivity (Wildman–Crippen MR) is 80.4 cm³/mol. The van der Waals surface area contributed by atoms with Crippen LogP contribution in [0.25, 0.3) is 10.9 Å². The smallest absolute Gasteiger partial charge is 0.131 e. The third kappa shape index (κ3) is 3.44. The van der Waals surface area contributed by atoms with Crippen molar-refractivity contribution in [2.45, 2.75) is 39.4 Å². The fraction of sp³-hybridized carbons (Fsp3) is 0.438. The molecule has 3 heteroatoms. The highest BCUT2D eigenvalue weighted by atomic mass is 16.5. The van der Waals surface area contributed by atoms with Crippen LogP contribution in [0.4, 0.5) is 5.82 Å². The molecule has 2 rings (SSSR count). The van der Waals surface area contributed by atoms with Gasteiger partial charge in [-0.15, -0.1) is 0 Å². The van der Waals surface area contributed by atoms with E-state index in [0.717, 1.165) is 35.1 Å². The molecule has 19 heavy (non-hydrogen) atoms. The number of benzene rings is 1. The zero-order chi connectivity index (χ0) is 13.7. The molecular weight excluding hydrogens is 236 g/mol. The molecular formula is C16H22N2O. The van der Waals surface area contributed by atoms with Crippen molar-refractivity contribution in [3.05, 3.63) is 35.9 Å². The average molecular weight is 258 g/mol. The lowest BCUT2D eigenvalue weighted by atomic mass is 10.1. The minimum Gasteiger partial charge on any atom is -0.374 e. The topological polar surface area (TPSA) is 34.1 Å². The largest absolute Gasteiger partial charge is 0.374 e. The molecule has 0 bridgehead atoms. The second kappa shape index (κ2) is 6.53. The first-order valence-electron chi connectivity index (χ1n) is 6.92. The number of fused-ring (bicyclic) bond motifs is 1. The van der Waals surface area contributed by atoms with Gasteiger partial charge in [0.25, 0.3) is 0 Å². The molecule has 0 aliphatic heterocycles. The van der Waals surface area contributed by atoms with E-state index in [1.807, 2.05) is 25.2 Å². The Morgan fingerprint density at radius 1 is 1.32 bits per heavy atom. The molecule has 1 N–H and O–H groups in total. The molecule has 3 nitrogen and oxygen atoms in total. The molecule has 1 heterocycles. The number of hydrogen-bond acceptors (Lipinski definition) is 3. The second-order valence-corrected chi connectivity index (χ2v) is 4.85. The van der Waals surface area contributed by atoms with Gasteiger partial charge in [-0.2, -0.15) is 0 Å². The Labute approximate surface area is 115 Å². The fourth-order valence-electron chi connectivity index (χ4n) is 2.21. The van der Waals surface area contributed by atoms with E-state index in [9.17, 15) is 0 Å². The fourth-order valence-corrected chi connectivity index (χ4v) is 2.21. The number of pyridine rings is 1. The van der Waals surface area contributed by atoms with E-state index in [1.165, 1.54) is 0 Å². The van der Waals surface area contributed by atoms with Crippen molar-refractivity contribution >= 4 is 16.7 Å². The zero-order valence-corrected chi connectivity index (χ0v) is 11.9. The Morgan fingerprint density at radius 2 is 2.11 bits per heavy atom. The Morgan fingerprint density at radius 3 is 2.84 bits per heavy atom. The number of ether oxygens (including phenoxy) is 1. The Kier molecular flexibility index (Phi) is 4.74. The average Bonchev–Trinajstić information content (AvgIpc) is 2.44. The third-order valence-electron chi connectivity index (χ3n) is 3.26. The molecule has 0 fully saturated rings. The lowest BCUT2D eigenvalue weighted by molar-refractivity contribution is 0.0474. The van der Waals surface area contributed by atoms with E-state index in [0.29, 0.717) is 12.7 Å². The van der Waals surface area contributed by atoms with Gasteiger partial charge in [-0.1, -0.05) is 31.5 Å². The number of para-hydroxylation sites is 1. The van der Waals surface area contributed by atoms with Crippen molar-refractivity contribution < 1.29 is 4.74 Å². The van der Waals surface area contributed by atoms with Crippen LogP contribution in [0.3, 0.4) is 0 Å². The van der Waals surface area contributed by atoms with Crippen LogP contribution in [0.15, 0.2) is 30.3 Å². The van der Waals surface area contributed by atoms with E-state index in [1.54, 1.807) is 0 Å². The molecule has 1 atom stereocenters. The van der Waals surface area contributed by atoms with Crippen LogP contribution in [0.2, 0.25) is 0 Å². The molecule has 0 aliphatic rings. The van der Waals surface area contributed by atoms with Crippen LogP contribution >= 0.6 is 0 Å². The van der Waals surface area contributed by atoms with E-state index in [-0.39, 0.29) is 0 Å². The van der Waals surface area contributed by atoms with Gasteiger partial charge in [-0.25, -0.2) is 4.98 Å². The number of rotatable bonds is 6. The normalized spacial score (nSPS) is 12.6. The Bertz CT molecular complexity index is 539. The van der Waals surface area contributed by atoms with Gasteiger partial charge in [0, 0.05) is 18.0 Å². The van der Waals surface area contributed by atoms with Gasteiger partial charge in [-0.05, 0) is 25.5 Å². The number of aromatic nitrogens is 1. The SMILES string of the molecule is CCCC(C)OCc1cc2ccccc2nc1NC. The molecule has 1 aromatic heterocycles. The lowest BCUT2D eigenvalue weighted by Crippen LogP contribution is -2.09. The molecule has 1 aromatic carbocycles. The van der Waals surface area contributed by atoms with Crippen molar-refractivity contribution in [2.75, 3.05) is 12.4 Å². The number of anilines is 1. The van der Waals surface area contributed by atoms with Crippen molar-refractivity contribution in [3.63, 3.8) is 0 Å². The summed E-state index contributed by atoms with van der Waals surface area (Å²) in [5.74, 6) is 0.905. The van der Waals surface area contributed by atoms with Gasteiger partial charge in [0.05, 0.1) is 18.2 Å². The van der Waals surface area contributed by atoms with Gasteiger partial charge in [0.1, 0.15) is 5.82 Å². The van der Waals surface area contributed by atoms with E-state index < -0.39 is 0 Å². The maximum absolute atomic E-state index is 5.88. The van der Waals surface area contributed by atoms with Crippen LogP contribution in [-0.2, 0) is 11.3 Å². The van der Waals surface area contributed by atoms with Gasteiger partial charge >= 0.3 is 0 Å². The molecule has 2 aromatic rings. The summed E-state index contributed by atoms with van der Waals surface area (Å²) in [4.78, 5) is 4.63. The van der Waals surface area contributed by atoms with Crippen LogP contribution in [0.5, 0.6) is 0 Å². The highest BCUT2D eigenvalue weighted by molar-refractivity contribution is 5.81. The Balaban J connectivity index is 2.21. The van der Waals surface area contributed by atoms with Crippen LogP contribution in [-0.4, -0.2) is 18.1 Å². The first-order valence-corrected chi connectivity index (χ1v) is 6.92. The molecule has 0 radical (unpaired) electrons. The molecule has 1 unspecified atom stereocenters. The molecule has 102 valence electrons. The lowest BCUT2D eigenvalue weighted by Gasteiger charge is -2.14. The van der Waals surface area contributed by atoms with E-state index >= 15 is 0 Å². The van der Waals surface area contributed by atoms with Gasteiger partial charge in [-0.3, -0.25) is 0 Å². The summed E-state index contributed by atoms with van der Waals surface area (Å²) in [6.07, 6.45) is 2.53. The summed E-state index contributed by atoms with van der Waals surface area (Å²) >= 11 is 0. The second-order valence-electron chi connectivity index (χ2n) is 4.85. The maximum atomic E-state index is 5.88. The number of hydrogen-bond donors (Lipinski definition) is 1. The van der Waals surface area contributed by atoms with Crippen LogP contribution in [0, 0.1) is 0 Å². The summed E-state index contributed by atoms with van der Waals surface area (Å²) in [7, 11) is 1.90. The third-order valence-corrected chi connectivity index (χ3v) is 3.26. The summed E-state index contributed by atoms with van der Waals surface area (Å²) in [5, 5.41) is 4.31. The van der Waals surface area contributed by atoms with Gasteiger partial charge < -0.3 is 10.1 Å². The highest BCUT2D eigenvalue weighted by Crippen LogP contribution is 2.21. The van der Waals surface area contributed by atoms with Crippen molar-refractivity contribution in [1.29, 1.82) is 0 Å². The predicted octanol–water partition coefficient (Wildman–Crippen LogP) is 3.98. The first-order chi connectivity index (χ1) is 9.24. The molecule has 0 saturated heterocycles. The van der Waals surface area contributed by atoms with Gasteiger partial charge in [0.2, 0.25) is 0 Å². The van der Waals surface area contributed by atoms with Crippen LogP contribution < -0.4 is 5.32 Å². The minimum absolute atomic E-state index is 0.293. The quantitative estimate of drug-likeness (QED) is 0.851. The molecule has 0 spiro atoms. The number of nitrogens with one attached hydrogen (secondary N) is 1. The summed E-state index contributed by atoms with van der Waals surface area (Å²) < 4.78 is 5.88. The Hall–Kier alpha value is -1.61. The maximum Gasteiger partial charge on any atom is 0.131 e. The van der Waals surface area contributed by atoms with E-state index in [4.69, 9.17) is 4.74 Å². The molecule has 0 aliphatic carbocycles. The minimum atomic E-state index is 0.293. The first kappa shape index (κ1) is 13.8. The monoisotopic (exact) mass is 258 g/mol.